The van der Waals surface area contributed by atoms with Crippen LogP contribution in [0, 0.1) is 0 Å². The van der Waals surface area contributed by atoms with Crippen LogP contribution >= 0.6 is 12.6 Å². The quantitative estimate of drug-likeness (QED) is 0.128. The highest BCUT2D eigenvalue weighted by Crippen LogP contribution is 2.57. The molecule has 1 unspecified atom stereocenters. The highest BCUT2D eigenvalue weighted by Gasteiger charge is 2.65. The maximum Gasteiger partial charge on any atom is 0.265 e. The third-order valence-electron chi connectivity index (χ3n) is 12.1. The number of amides is 2. The summed E-state index contributed by atoms with van der Waals surface area (Å²) in [6.45, 7) is 5.27. The van der Waals surface area contributed by atoms with Gasteiger partial charge in [-0.05, 0) is 85.0 Å². The van der Waals surface area contributed by atoms with Crippen LogP contribution in [0.5, 0.6) is 23.0 Å². The van der Waals surface area contributed by atoms with E-state index in [1.165, 1.54) is 5.56 Å². The van der Waals surface area contributed by atoms with Gasteiger partial charge in [-0.25, -0.2) is 4.99 Å². The largest absolute Gasteiger partial charge is 0.493 e. The van der Waals surface area contributed by atoms with Crippen molar-refractivity contribution < 1.29 is 28.5 Å². The van der Waals surface area contributed by atoms with Crippen molar-refractivity contribution in [3.63, 3.8) is 0 Å². The van der Waals surface area contributed by atoms with E-state index in [0.29, 0.717) is 58.5 Å². The average Bonchev–Trinajstić information content (AvgIpc) is 3.67. The third kappa shape index (κ3) is 6.42. The van der Waals surface area contributed by atoms with Crippen LogP contribution in [0.2, 0.25) is 0 Å². The molecule has 304 valence electrons. The van der Waals surface area contributed by atoms with Gasteiger partial charge in [0.2, 0.25) is 0 Å². The number of anilines is 4. The molecule has 1 fully saturated rings. The Kier molecular flexibility index (Phi) is 8.93. The minimum atomic E-state index is -0.256. The Labute approximate surface area is 354 Å². The minimum absolute atomic E-state index is 0.0348. The third-order valence-corrected chi connectivity index (χ3v) is 12.2. The Morgan fingerprint density at radius 1 is 0.833 bits per heavy atom. The Hall–Kier alpha value is -6.36. The number of hydrogen-bond acceptors (Lipinski definition) is 10. The van der Waals surface area contributed by atoms with Gasteiger partial charge in [-0.2, -0.15) is 12.6 Å². The molecule has 2 atom stereocenters. The summed E-state index contributed by atoms with van der Waals surface area (Å²) < 4.78 is 24.4. The summed E-state index contributed by atoms with van der Waals surface area (Å²) in [7, 11) is 5.19. The number of allylic oxidation sites excluding steroid dienone is 1. The Bertz CT molecular complexity index is 2700. The van der Waals surface area contributed by atoms with Gasteiger partial charge in [0.05, 0.1) is 59.7 Å². The molecule has 1 aliphatic carbocycles. The van der Waals surface area contributed by atoms with Crippen molar-refractivity contribution in [3.05, 3.63) is 130 Å². The minimum Gasteiger partial charge on any atom is -0.493 e. The van der Waals surface area contributed by atoms with E-state index in [4.69, 9.17) is 31.6 Å². The lowest BCUT2D eigenvalue weighted by Crippen LogP contribution is -2.41. The number of carbonyl (C=O) groups is 2. The SMILES string of the molecule is COc1cc2c(cc1OCc1cc(COc3cc4c(cc3OC)C(=O)N3c5ccccc5CC35C[C@H]5N4)cc(N(C)CC(C)(C)S)c1)N=C=C1Cc3ccccc3N1C2=O. The number of para-hydroxylation sites is 2. The lowest BCUT2D eigenvalue weighted by Gasteiger charge is -2.28. The topological polar surface area (TPSA) is 105 Å². The van der Waals surface area contributed by atoms with Crippen LogP contribution in [0.4, 0.5) is 28.4 Å². The molecule has 0 aromatic heterocycles. The lowest BCUT2D eigenvalue weighted by atomic mass is 10.1. The van der Waals surface area contributed by atoms with Crippen molar-refractivity contribution in [1.29, 1.82) is 0 Å². The maximum atomic E-state index is 14.2. The Morgan fingerprint density at radius 3 is 2.18 bits per heavy atom. The normalized spacial score (nSPS) is 19.0. The van der Waals surface area contributed by atoms with Crippen LogP contribution in [0.1, 0.15) is 63.2 Å². The molecule has 5 aromatic rings. The van der Waals surface area contributed by atoms with Crippen molar-refractivity contribution >= 4 is 58.7 Å². The zero-order valence-corrected chi connectivity index (χ0v) is 35.1. The second-order valence-electron chi connectivity index (χ2n) is 16.9. The highest BCUT2D eigenvalue weighted by molar-refractivity contribution is 7.81. The summed E-state index contributed by atoms with van der Waals surface area (Å²) in [6.07, 6.45) is 2.30. The first-order valence-electron chi connectivity index (χ1n) is 20.1. The molecule has 1 saturated carbocycles. The number of rotatable bonds is 11. The molecule has 1 N–H and O–H groups in total. The molecule has 2 amide bonds. The van der Waals surface area contributed by atoms with Crippen LogP contribution < -0.4 is 39.0 Å². The fourth-order valence-corrected chi connectivity index (χ4v) is 9.47. The summed E-state index contributed by atoms with van der Waals surface area (Å²) in [5.74, 6) is 4.79. The van der Waals surface area contributed by atoms with Crippen molar-refractivity contribution in [3.8, 4) is 23.0 Å². The molecule has 5 aromatic carbocycles. The van der Waals surface area contributed by atoms with E-state index in [9.17, 15) is 9.59 Å². The van der Waals surface area contributed by atoms with Crippen LogP contribution in [-0.2, 0) is 26.1 Å². The molecule has 0 radical (unpaired) electrons. The van der Waals surface area contributed by atoms with E-state index in [-0.39, 0.29) is 41.4 Å². The predicted octanol–water partition coefficient (Wildman–Crippen LogP) is 8.55. The monoisotopic (exact) mass is 819 g/mol. The van der Waals surface area contributed by atoms with Crippen LogP contribution in [0.3, 0.4) is 0 Å². The van der Waals surface area contributed by atoms with Crippen molar-refractivity contribution in [2.24, 2.45) is 4.99 Å². The van der Waals surface area contributed by atoms with Crippen molar-refractivity contribution in [2.45, 2.75) is 62.7 Å². The molecule has 4 aliphatic heterocycles. The first-order chi connectivity index (χ1) is 28.9. The number of fused-ring (bicyclic) bond motifs is 7. The molecule has 4 heterocycles. The fraction of sp³-hybridized carbons (Fsp3) is 0.292. The summed E-state index contributed by atoms with van der Waals surface area (Å²) in [5.41, 5.74) is 9.48. The van der Waals surface area contributed by atoms with Crippen LogP contribution in [-0.4, -0.2) is 61.8 Å². The first kappa shape index (κ1) is 37.9. The fourth-order valence-electron chi connectivity index (χ4n) is 9.26. The molecule has 11 nitrogen and oxygen atoms in total. The number of nitrogens with one attached hydrogen (secondary N) is 1. The molecule has 10 rings (SSSR count). The van der Waals surface area contributed by atoms with Gasteiger partial charge in [0.1, 0.15) is 13.2 Å². The lowest BCUT2D eigenvalue weighted by molar-refractivity contribution is 0.0975. The van der Waals surface area contributed by atoms with Gasteiger partial charge >= 0.3 is 0 Å². The molecule has 12 heteroatoms. The van der Waals surface area contributed by atoms with E-state index < -0.39 is 0 Å². The standard InChI is InChI=1S/C48H45N5O6S/c1-47(2,60)27-51(3)32-15-28(25-58-42-20-36-34(18-40(42)56-4)45(54)52-33(24-49-36)17-30-10-6-8-12-38(30)52)14-29(16-32)26-59-43-21-37-35(19-41(43)57-5)46(55)53-39-13-9-7-11-31(39)22-48(53)23-44(48)50-37/h6-16,18-21,44,50,60H,17,22-23,25-27H2,1-5H3/t44-,48?/m1/s1. The smallest absolute Gasteiger partial charge is 0.265 e. The average molecular weight is 820 g/mol. The van der Waals surface area contributed by atoms with Gasteiger partial charge in [-0.1, -0.05) is 36.4 Å². The number of aliphatic imine (C=N–C) groups is 1. The van der Waals surface area contributed by atoms with E-state index in [1.807, 2.05) is 60.5 Å². The van der Waals surface area contributed by atoms with Gasteiger partial charge < -0.3 is 29.2 Å². The molecule has 60 heavy (non-hydrogen) atoms. The second kappa shape index (κ2) is 14.1. The second-order valence-corrected chi connectivity index (χ2v) is 18.1. The first-order valence-corrected chi connectivity index (χ1v) is 20.6. The zero-order valence-electron chi connectivity index (χ0n) is 34.2. The van der Waals surface area contributed by atoms with Crippen molar-refractivity contribution in [1.82, 2.24) is 0 Å². The number of ether oxygens (including phenoxy) is 4. The summed E-state index contributed by atoms with van der Waals surface area (Å²) in [4.78, 5) is 38.6. The summed E-state index contributed by atoms with van der Waals surface area (Å²) in [5, 5.41) is 3.68. The molecular formula is C48H45N5O6S. The van der Waals surface area contributed by atoms with E-state index in [2.05, 4.69) is 59.2 Å². The van der Waals surface area contributed by atoms with Gasteiger partial charge in [0.15, 0.2) is 23.0 Å². The highest BCUT2D eigenvalue weighted by atomic mass is 32.1. The Balaban J connectivity index is 0.924. The molecular weight excluding hydrogens is 775 g/mol. The summed E-state index contributed by atoms with van der Waals surface area (Å²) >= 11 is 4.81. The number of nitrogens with zero attached hydrogens (tertiary/aromatic N) is 4. The molecule has 1 spiro atoms. The number of hydrogen-bond donors (Lipinski definition) is 2. The number of benzene rings is 5. The van der Waals surface area contributed by atoms with Crippen LogP contribution in [0.15, 0.2) is 102 Å². The zero-order chi connectivity index (χ0) is 41.5. The van der Waals surface area contributed by atoms with Gasteiger partial charge in [0, 0.05) is 60.6 Å². The van der Waals surface area contributed by atoms with E-state index in [0.717, 1.165) is 52.3 Å². The van der Waals surface area contributed by atoms with Gasteiger partial charge in [-0.3, -0.25) is 19.4 Å². The van der Waals surface area contributed by atoms with Crippen molar-refractivity contribution in [2.75, 3.05) is 47.8 Å². The molecule has 0 bridgehead atoms. The van der Waals surface area contributed by atoms with Gasteiger partial charge in [0.25, 0.3) is 11.8 Å². The maximum absolute atomic E-state index is 14.2. The van der Waals surface area contributed by atoms with Crippen LogP contribution in [0.25, 0.3) is 0 Å². The summed E-state index contributed by atoms with van der Waals surface area (Å²) in [6, 6.07) is 29.5. The molecule has 0 saturated heterocycles. The number of thiol groups is 1. The number of methoxy groups -OCH3 is 2. The number of carbonyl (C=O) groups excluding carboxylic acids is 2. The molecule has 5 aliphatic rings. The predicted molar refractivity (Wildman–Crippen MR) is 237 cm³/mol. The van der Waals surface area contributed by atoms with E-state index >= 15 is 0 Å². The van der Waals surface area contributed by atoms with Gasteiger partial charge in [-0.15, -0.1) is 0 Å². The van der Waals surface area contributed by atoms with E-state index in [1.54, 1.807) is 37.3 Å². The Morgan fingerprint density at radius 2 is 1.48 bits per heavy atom.